The van der Waals surface area contributed by atoms with Crippen LogP contribution in [0.25, 0.3) is 0 Å². The Morgan fingerprint density at radius 1 is 1.22 bits per heavy atom. The molecular weight excluding hydrogens is 298 g/mol. The third-order valence-corrected chi connectivity index (χ3v) is 3.78. The van der Waals surface area contributed by atoms with Gasteiger partial charge < -0.3 is 19.2 Å². The SMILES string of the molecule is CCOC(=O)c1[nH]c(C)c(C(=O)c2ccc3c(c2)OCO3)c1C. The van der Waals surface area contributed by atoms with Crippen LogP contribution >= 0.6 is 0 Å². The number of aryl methyl sites for hydroxylation is 1. The van der Waals surface area contributed by atoms with Crippen molar-refractivity contribution in [2.24, 2.45) is 0 Å². The van der Waals surface area contributed by atoms with E-state index in [0.29, 0.717) is 39.6 Å². The van der Waals surface area contributed by atoms with E-state index in [-0.39, 0.29) is 19.2 Å². The second-order valence-electron chi connectivity index (χ2n) is 5.24. The lowest BCUT2D eigenvalue weighted by Crippen LogP contribution is -2.08. The van der Waals surface area contributed by atoms with Crippen molar-refractivity contribution in [2.75, 3.05) is 13.4 Å². The smallest absolute Gasteiger partial charge is 0.355 e. The van der Waals surface area contributed by atoms with Crippen molar-refractivity contribution in [2.45, 2.75) is 20.8 Å². The van der Waals surface area contributed by atoms with Crippen LogP contribution < -0.4 is 9.47 Å². The fraction of sp³-hybridized carbons (Fsp3) is 0.294. The summed E-state index contributed by atoms with van der Waals surface area (Å²) in [5.41, 5.74) is 2.49. The highest BCUT2D eigenvalue weighted by molar-refractivity contribution is 6.12. The Labute approximate surface area is 133 Å². The summed E-state index contributed by atoms with van der Waals surface area (Å²) < 4.78 is 15.6. The second-order valence-corrected chi connectivity index (χ2v) is 5.24. The van der Waals surface area contributed by atoms with E-state index in [4.69, 9.17) is 14.2 Å². The number of fused-ring (bicyclic) bond motifs is 1. The lowest BCUT2D eigenvalue weighted by Gasteiger charge is -2.04. The molecule has 23 heavy (non-hydrogen) atoms. The van der Waals surface area contributed by atoms with Crippen molar-refractivity contribution < 1.29 is 23.8 Å². The topological polar surface area (TPSA) is 77.6 Å². The zero-order valence-corrected chi connectivity index (χ0v) is 13.2. The molecule has 0 saturated heterocycles. The minimum absolute atomic E-state index is 0.155. The molecule has 6 nitrogen and oxygen atoms in total. The predicted octanol–water partition coefficient (Wildman–Crippen LogP) is 2.77. The van der Waals surface area contributed by atoms with Crippen LogP contribution in [0.5, 0.6) is 11.5 Å². The molecule has 2 heterocycles. The summed E-state index contributed by atoms with van der Waals surface area (Å²) in [6.07, 6.45) is 0. The number of rotatable bonds is 4. The molecule has 0 unspecified atom stereocenters. The van der Waals surface area contributed by atoms with Crippen molar-refractivity contribution in [1.82, 2.24) is 4.98 Å². The minimum atomic E-state index is -0.460. The minimum Gasteiger partial charge on any atom is -0.461 e. The molecule has 0 fully saturated rings. The highest BCUT2D eigenvalue weighted by atomic mass is 16.7. The molecule has 1 aromatic carbocycles. The number of esters is 1. The van der Waals surface area contributed by atoms with Crippen LogP contribution in [0.4, 0.5) is 0 Å². The lowest BCUT2D eigenvalue weighted by atomic mass is 9.99. The molecule has 6 heteroatoms. The summed E-state index contributed by atoms with van der Waals surface area (Å²) in [4.78, 5) is 27.7. The van der Waals surface area contributed by atoms with Gasteiger partial charge in [0.2, 0.25) is 6.79 Å². The van der Waals surface area contributed by atoms with Gasteiger partial charge in [-0.15, -0.1) is 0 Å². The molecular formula is C17H17NO5. The number of aromatic nitrogens is 1. The van der Waals surface area contributed by atoms with Crippen LogP contribution in [0.1, 0.15) is 44.6 Å². The number of carbonyl (C=O) groups is 2. The van der Waals surface area contributed by atoms with Gasteiger partial charge in [-0.1, -0.05) is 0 Å². The Balaban J connectivity index is 1.98. The van der Waals surface area contributed by atoms with E-state index in [0.717, 1.165) is 0 Å². The van der Waals surface area contributed by atoms with Gasteiger partial charge in [0.15, 0.2) is 17.3 Å². The number of carbonyl (C=O) groups excluding carboxylic acids is 2. The number of H-pyrrole nitrogens is 1. The summed E-state index contributed by atoms with van der Waals surface area (Å²) in [6.45, 7) is 5.66. The maximum Gasteiger partial charge on any atom is 0.355 e. The average molecular weight is 315 g/mol. The van der Waals surface area contributed by atoms with Gasteiger partial charge >= 0.3 is 5.97 Å². The molecule has 120 valence electrons. The number of ether oxygens (including phenoxy) is 3. The number of aromatic amines is 1. The van der Waals surface area contributed by atoms with E-state index in [2.05, 4.69) is 4.98 Å². The zero-order chi connectivity index (χ0) is 16.6. The van der Waals surface area contributed by atoms with Gasteiger partial charge in [0.1, 0.15) is 5.69 Å². The van der Waals surface area contributed by atoms with Gasteiger partial charge in [0.05, 0.1) is 6.61 Å². The fourth-order valence-corrected chi connectivity index (χ4v) is 2.68. The lowest BCUT2D eigenvalue weighted by molar-refractivity contribution is 0.0519. The molecule has 3 rings (SSSR count). The van der Waals surface area contributed by atoms with Gasteiger partial charge in [-0.3, -0.25) is 4.79 Å². The first kappa shape index (κ1) is 15.1. The Bertz CT molecular complexity index is 791. The molecule has 0 bridgehead atoms. The standard InChI is InChI=1S/C17H17NO5/c1-4-21-17(20)15-9(2)14(10(3)18-15)16(19)11-5-6-12-13(7-11)23-8-22-12/h5-7,18H,4,8H2,1-3H3. The maximum absolute atomic E-state index is 12.8. The first-order chi connectivity index (χ1) is 11.0. The zero-order valence-electron chi connectivity index (χ0n) is 13.2. The Kier molecular flexibility index (Phi) is 3.82. The van der Waals surface area contributed by atoms with Crippen LogP contribution in [0.15, 0.2) is 18.2 Å². The number of nitrogens with one attached hydrogen (secondary N) is 1. The fourth-order valence-electron chi connectivity index (χ4n) is 2.68. The molecule has 2 aromatic rings. The van der Waals surface area contributed by atoms with Crippen LogP contribution in [0.3, 0.4) is 0 Å². The number of hydrogen-bond acceptors (Lipinski definition) is 5. The van der Waals surface area contributed by atoms with E-state index in [1.54, 1.807) is 39.0 Å². The molecule has 0 spiro atoms. The number of hydrogen-bond donors (Lipinski definition) is 1. The second kappa shape index (κ2) is 5.79. The Morgan fingerprint density at radius 3 is 2.70 bits per heavy atom. The summed E-state index contributed by atoms with van der Waals surface area (Å²) in [5.74, 6) is 0.534. The highest BCUT2D eigenvalue weighted by Crippen LogP contribution is 2.33. The van der Waals surface area contributed by atoms with Gasteiger partial charge in [-0.25, -0.2) is 4.79 Å². The molecule has 1 aliphatic heterocycles. The quantitative estimate of drug-likeness (QED) is 0.693. The molecule has 0 radical (unpaired) electrons. The van der Waals surface area contributed by atoms with Crippen molar-refractivity contribution in [3.05, 3.63) is 46.3 Å². The van der Waals surface area contributed by atoms with Crippen molar-refractivity contribution in [3.63, 3.8) is 0 Å². The third kappa shape index (κ3) is 2.56. The molecule has 0 aliphatic carbocycles. The van der Waals surface area contributed by atoms with Crippen LogP contribution in [0.2, 0.25) is 0 Å². The predicted molar refractivity (Wildman–Crippen MR) is 82.2 cm³/mol. The first-order valence-corrected chi connectivity index (χ1v) is 7.33. The average Bonchev–Trinajstić information content (AvgIpc) is 3.10. The summed E-state index contributed by atoms with van der Waals surface area (Å²) in [6, 6.07) is 5.05. The highest BCUT2D eigenvalue weighted by Gasteiger charge is 2.25. The molecule has 0 atom stereocenters. The van der Waals surface area contributed by atoms with Gasteiger partial charge in [-0.05, 0) is 44.5 Å². The monoisotopic (exact) mass is 315 g/mol. The van der Waals surface area contributed by atoms with Gasteiger partial charge in [0, 0.05) is 16.8 Å². The normalized spacial score (nSPS) is 12.3. The summed E-state index contributed by atoms with van der Waals surface area (Å²) in [5, 5.41) is 0. The van der Waals surface area contributed by atoms with E-state index in [1.807, 2.05) is 0 Å². The van der Waals surface area contributed by atoms with Crippen LogP contribution in [0, 0.1) is 13.8 Å². The molecule has 1 aromatic heterocycles. The van der Waals surface area contributed by atoms with Crippen molar-refractivity contribution >= 4 is 11.8 Å². The van der Waals surface area contributed by atoms with Gasteiger partial charge in [0.25, 0.3) is 0 Å². The van der Waals surface area contributed by atoms with E-state index >= 15 is 0 Å². The molecule has 1 N–H and O–H groups in total. The van der Waals surface area contributed by atoms with Crippen LogP contribution in [-0.2, 0) is 4.74 Å². The van der Waals surface area contributed by atoms with Gasteiger partial charge in [-0.2, -0.15) is 0 Å². The van der Waals surface area contributed by atoms with Crippen LogP contribution in [-0.4, -0.2) is 30.1 Å². The molecule has 0 amide bonds. The maximum atomic E-state index is 12.8. The van der Waals surface area contributed by atoms with E-state index < -0.39 is 5.97 Å². The third-order valence-electron chi connectivity index (χ3n) is 3.78. The molecule has 0 saturated carbocycles. The van der Waals surface area contributed by atoms with E-state index in [1.165, 1.54) is 0 Å². The largest absolute Gasteiger partial charge is 0.461 e. The Morgan fingerprint density at radius 2 is 1.96 bits per heavy atom. The number of ketones is 1. The number of benzene rings is 1. The summed E-state index contributed by atoms with van der Waals surface area (Å²) >= 11 is 0. The van der Waals surface area contributed by atoms with Crippen molar-refractivity contribution in [3.8, 4) is 11.5 Å². The summed E-state index contributed by atoms with van der Waals surface area (Å²) in [7, 11) is 0. The van der Waals surface area contributed by atoms with Crippen molar-refractivity contribution in [1.29, 1.82) is 0 Å². The molecule has 1 aliphatic rings. The first-order valence-electron chi connectivity index (χ1n) is 7.33. The van der Waals surface area contributed by atoms with E-state index in [9.17, 15) is 9.59 Å². The Hall–Kier alpha value is -2.76.